The molecule has 3 aliphatic rings. The van der Waals surface area contributed by atoms with E-state index in [0.717, 1.165) is 41.9 Å². The minimum Gasteiger partial charge on any atom is -0.480 e. The zero-order chi connectivity index (χ0) is 28.0. The van der Waals surface area contributed by atoms with Crippen LogP contribution >= 0.6 is 0 Å². The lowest BCUT2D eigenvalue weighted by Gasteiger charge is -2.33. The van der Waals surface area contributed by atoms with E-state index in [2.05, 4.69) is 9.78 Å². The fourth-order valence-corrected chi connectivity index (χ4v) is 6.17. The van der Waals surface area contributed by atoms with Crippen LogP contribution in [0.25, 0.3) is 11.1 Å². The molecule has 0 spiro atoms. The number of amides is 1. The second-order valence-corrected chi connectivity index (χ2v) is 10.7. The van der Waals surface area contributed by atoms with Gasteiger partial charge in [0, 0.05) is 73.9 Å². The minimum absolute atomic E-state index is 0.00235. The number of hydrogen-bond donors (Lipinski definition) is 1. The smallest absolute Gasteiger partial charge is 0.325 e. The van der Waals surface area contributed by atoms with Crippen molar-refractivity contribution in [2.75, 3.05) is 31.2 Å². The fourth-order valence-electron chi connectivity index (χ4n) is 6.17. The lowest BCUT2D eigenvalue weighted by atomic mass is 9.92. The van der Waals surface area contributed by atoms with Crippen molar-refractivity contribution < 1.29 is 28.2 Å². The van der Waals surface area contributed by atoms with Crippen molar-refractivity contribution in [3.8, 4) is 11.1 Å². The number of aryl methyl sites for hydroxylation is 1. The van der Waals surface area contributed by atoms with Gasteiger partial charge < -0.3 is 19.6 Å². The number of nitrogens with zero attached hydrogens (tertiary/aromatic N) is 6. The second kappa shape index (κ2) is 10.6. The number of hydrogen-bond acceptors (Lipinski definition) is 6. The summed E-state index contributed by atoms with van der Waals surface area (Å²) in [5.41, 5.74) is 4.39. The van der Waals surface area contributed by atoms with E-state index in [1.54, 1.807) is 19.1 Å². The number of halogens is 2. The normalized spacial score (nSPS) is 17.7. The molecule has 0 saturated carbocycles. The molecule has 1 fully saturated rings. The van der Waals surface area contributed by atoms with Crippen molar-refractivity contribution in [3.63, 3.8) is 0 Å². The van der Waals surface area contributed by atoms with Gasteiger partial charge >= 0.3 is 5.97 Å². The van der Waals surface area contributed by atoms with Crippen LogP contribution in [0.1, 0.15) is 61.0 Å². The van der Waals surface area contributed by atoms with Crippen LogP contribution in [-0.4, -0.2) is 67.7 Å². The Hall–Kier alpha value is -3.80. The molecular formula is C28H32F2N6O4. The Bertz CT molecular complexity index is 1440. The van der Waals surface area contributed by atoms with E-state index >= 15 is 0 Å². The summed E-state index contributed by atoms with van der Waals surface area (Å²) in [5, 5.41) is 18.2. The molecule has 0 atom stereocenters. The van der Waals surface area contributed by atoms with Gasteiger partial charge in [0.25, 0.3) is 6.43 Å². The van der Waals surface area contributed by atoms with Crippen molar-refractivity contribution in [1.82, 2.24) is 24.5 Å². The molecule has 1 saturated heterocycles. The highest BCUT2D eigenvalue weighted by Gasteiger charge is 2.34. The lowest BCUT2D eigenvalue weighted by molar-refractivity contribution is -0.138. The first-order valence-corrected chi connectivity index (χ1v) is 13.7. The van der Waals surface area contributed by atoms with Crippen LogP contribution in [0, 0.1) is 0 Å². The number of aliphatic carboxylic acids is 1. The Morgan fingerprint density at radius 2 is 1.98 bits per heavy atom. The molecule has 5 heterocycles. The lowest BCUT2D eigenvalue weighted by Crippen LogP contribution is -2.36. The van der Waals surface area contributed by atoms with Crippen LogP contribution in [0.15, 0.2) is 24.5 Å². The molecule has 0 bridgehead atoms. The third kappa shape index (κ3) is 4.85. The summed E-state index contributed by atoms with van der Waals surface area (Å²) in [4.78, 5) is 27.3. The minimum atomic E-state index is -2.74. The Kier molecular flexibility index (Phi) is 7.03. The van der Waals surface area contributed by atoms with E-state index < -0.39 is 12.4 Å². The van der Waals surface area contributed by atoms with E-state index in [9.17, 15) is 18.4 Å². The number of carboxylic acid groups (broad SMARTS) is 1. The molecule has 1 N–H and O–H groups in total. The van der Waals surface area contributed by atoms with Crippen molar-refractivity contribution in [3.05, 3.63) is 46.9 Å². The number of ether oxygens (including phenoxy) is 1. The molecule has 3 aliphatic heterocycles. The Balaban J connectivity index is 1.44. The second-order valence-electron chi connectivity index (χ2n) is 10.7. The van der Waals surface area contributed by atoms with E-state index in [1.165, 1.54) is 17.1 Å². The third-order valence-corrected chi connectivity index (χ3v) is 8.15. The van der Waals surface area contributed by atoms with Crippen molar-refractivity contribution in [1.29, 1.82) is 0 Å². The number of carboxylic acids is 1. The molecule has 10 nitrogen and oxygen atoms in total. The molecule has 1 aromatic carbocycles. The highest BCUT2D eigenvalue weighted by atomic mass is 19.3. The summed E-state index contributed by atoms with van der Waals surface area (Å²) in [7, 11) is 0. The van der Waals surface area contributed by atoms with Crippen molar-refractivity contribution in [2.45, 2.75) is 64.6 Å². The summed E-state index contributed by atoms with van der Waals surface area (Å²) < 4.78 is 37.9. The van der Waals surface area contributed by atoms with E-state index in [-0.39, 0.29) is 24.1 Å². The highest BCUT2D eigenvalue weighted by molar-refractivity contribution is 5.78. The van der Waals surface area contributed by atoms with Gasteiger partial charge in [-0.2, -0.15) is 10.2 Å². The Morgan fingerprint density at radius 1 is 1.18 bits per heavy atom. The first-order chi connectivity index (χ1) is 19.3. The molecule has 12 heteroatoms. The number of anilines is 2. The van der Waals surface area contributed by atoms with Crippen LogP contribution in [0.2, 0.25) is 0 Å². The van der Waals surface area contributed by atoms with Gasteiger partial charge in [-0.05, 0) is 48.9 Å². The number of rotatable bonds is 6. The fraction of sp³-hybridized carbons (Fsp3) is 0.500. The van der Waals surface area contributed by atoms with E-state index in [1.807, 2.05) is 9.80 Å². The summed E-state index contributed by atoms with van der Waals surface area (Å²) >= 11 is 0. The van der Waals surface area contributed by atoms with Crippen LogP contribution in [0.4, 0.5) is 20.3 Å². The first kappa shape index (κ1) is 26.4. The molecule has 0 aliphatic carbocycles. The average Bonchev–Trinajstić information content (AvgIpc) is 3.56. The number of aromatic nitrogens is 4. The maximum atomic E-state index is 14.5. The van der Waals surface area contributed by atoms with E-state index in [0.29, 0.717) is 62.5 Å². The predicted molar refractivity (Wildman–Crippen MR) is 142 cm³/mol. The predicted octanol–water partition coefficient (Wildman–Crippen LogP) is 4.11. The SMILES string of the molecule is CC(=O)N1CCc2c(c(N3CCCc4cc(-c5cnn(CC(=O)O)c5)c(C(F)F)cc43)nn2C2CCOCC2)C1. The maximum Gasteiger partial charge on any atom is 0.325 e. The third-order valence-electron chi connectivity index (χ3n) is 8.15. The van der Waals surface area contributed by atoms with Crippen LogP contribution in [0.3, 0.4) is 0 Å². The largest absolute Gasteiger partial charge is 0.480 e. The van der Waals surface area contributed by atoms with Gasteiger partial charge in [0.05, 0.1) is 18.8 Å². The Morgan fingerprint density at radius 3 is 2.70 bits per heavy atom. The quantitative estimate of drug-likeness (QED) is 0.489. The number of carbonyl (C=O) groups is 2. The molecule has 2 aromatic heterocycles. The average molecular weight is 555 g/mol. The molecule has 1 amide bonds. The zero-order valence-electron chi connectivity index (χ0n) is 22.4. The summed E-state index contributed by atoms with van der Waals surface area (Å²) in [6, 6.07) is 3.54. The molecule has 0 unspecified atom stereocenters. The highest BCUT2D eigenvalue weighted by Crippen LogP contribution is 2.43. The van der Waals surface area contributed by atoms with Crippen molar-refractivity contribution in [2.24, 2.45) is 0 Å². The summed E-state index contributed by atoms with van der Waals surface area (Å²) in [6.07, 6.45) is 4.12. The Labute approximate surface area is 230 Å². The topological polar surface area (TPSA) is 106 Å². The number of carbonyl (C=O) groups excluding carboxylic acids is 1. The number of fused-ring (bicyclic) bond motifs is 2. The molecule has 6 rings (SSSR count). The van der Waals surface area contributed by atoms with Crippen LogP contribution in [-0.2, 0) is 40.3 Å². The molecular weight excluding hydrogens is 522 g/mol. The van der Waals surface area contributed by atoms with E-state index in [4.69, 9.17) is 14.9 Å². The van der Waals surface area contributed by atoms with Gasteiger partial charge in [-0.3, -0.25) is 19.0 Å². The summed E-state index contributed by atoms with van der Waals surface area (Å²) in [5.74, 6) is -0.324. The van der Waals surface area contributed by atoms with Gasteiger partial charge in [-0.1, -0.05) is 0 Å². The summed E-state index contributed by atoms with van der Waals surface area (Å²) in [6.45, 7) is 4.26. The van der Waals surface area contributed by atoms with Crippen molar-refractivity contribution >= 4 is 23.4 Å². The molecule has 40 heavy (non-hydrogen) atoms. The van der Waals surface area contributed by atoms with Gasteiger partial charge in [-0.15, -0.1) is 0 Å². The molecule has 212 valence electrons. The first-order valence-electron chi connectivity index (χ1n) is 13.7. The van der Waals surface area contributed by atoms with Gasteiger partial charge in [0.15, 0.2) is 5.82 Å². The van der Waals surface area contributed by atoms with Gasteiger partial charge in [0.2, 0.25) is 5.91 Å². The number of benzene rings is 1. The van der Waals surface area contributed by atoms with Gasteiger partial charge in [0.1, 0.15) is 6.54 Å². The number of alkyl halides is 2. The van der Waals surface area contributed by atoms with Crippen LogP contribution in [0.5, 0.6) is 0 Å². The maximum absolute atomic E-state index is 14.5. The standard InChI is InChI=1S/C28H32F2N6O4/c1-17(37)33-8-4-24-23(15-33)28(32-36(24)20-5-9-40-10-6-20)35-7-2-3-18-11-21(22(27(29)30)12-25(18)35)19-13-31-34(14-19)16-26(38)39/h11-14,20,27H,2-10,15-16H2,1H3,(H,38,39). The van der Waals surface area contributed by atoms with Crippen LogP contribution < -0.4 is 4.90 Å². The molecule has 3 aromatic rings. The zero-order valence-corrected chi connectivity index (χ0v) is 22.4. The monoisotopic (exact) mass is 554 g/mol. The van der Waals surface area contributed by atoms with Gasteiger partial charge in [-0.25, -0.2) is 8.78 Å². The molecule has 0 radical (unpaired) electrons.